The van der Waals surface area contributed by atoms with E-state index in [-0.39, 0.29) is 11.8 Å². The van der Waals surface area contributed by atoms with Gasteiger partial charge in [0.1, 0.15) is 11.5 Å². The number of hydrogen-bond donors (Lipinski definition) is 1. The van der Waals surface area contributed by atoms with E-state index in [0.717, 1.165) is 5.56 Å². The number of carbonyl (C=O) groups is 2. The van der Waals surface area contributed by atoms with Crippen LogP contribution in [0.25, 0.3) is 0 Å². The highest BCUT2D eigenvalue weighted by Crippen LogP contribution is 2.38. The number of nitrogens with zero attached hydrogens (tertiary/aromatic N) is 1. The number of aryl methyl sites for hydroxylation is 1. The van der Waals surface area contributed by atoms with E-state index in [1.807, 2.05) is 26.0 Å². The van der Waals surface area contributed by atoms with Gasteiger partial charge in [0.15, 0.2) is 0 Å². The molecule has 6 nitrogen and oxygen atoms in total. The summed E-state index contributed by atoms with van der Waals surface area (Å²) in [5.41, 5.74) is 0.131. The zero-order valence-corrected chi connectivity index (χ0v) is 15.4. The molecule has 1 atom stereocenters. The lowest BCUT2D eigenvalue weighted by Gasteiger charge is -2.28. The Hall–Kier alpha value is -2.24. The number of rotatable bonds is 7. The average molecular weight is 349 g/mol. The fraction of sp³-hybridized carbons (Fsp3) is 0.579. The summed E-state index contributed by atoms with van der Waals surface area (Å²) in [5, 5.41) is 9.59. The van der Waals surface area contributed by atoms with Gasteiger partial charge in [0.2, 0.25) is 5.91 Å². The SMILES string of the molecule is COc1cc(CCC(=O)N2CCC(C(=O)O)(C(C)C)C2)cc(OC)c1. The van der Waals surface area contributed by atoms with Gasteiger partial charge in [-0.2, -0.15) is 0 Å². The minimum atomic E-state index is -0.825. The molecular weight excluding hydrogens is 322 g/mol. The Morgan fingerprint density at radius 2 is 1.80 bits per heavy atom. The van der Waals surface area contributed by atoms with Gasteiger partial charge < -0.3 is 19.5 Å². The van der Waals surface area contributed by atoms with E-state index in [1.165, 1.54) is 0 Å². The maximum Gasteiger partial charge on any atom is 0.311 e. The van der Waals surface area contributed by atoms with Crippen molar-refractivity contribution in [1.29, 1.82) is 0 Å². The number of ether oxygens (including phenoxy) is 2. The van der Waals surface area contributed by atoms with Crippen molar-refractivity contribution in [1.82, 2.24) is 4.90 Å². The van der Waals surface area contributed by atoms with Gasteiger partial charge in [-0.1, -0.05) is 13.8 Å². The van der Waals surface area contributed by atoms with Crippen molar-refractivity contribution in [2.24, 2.45) is 11.3 Å². The van der Waals surface area contributed by atoms with Gasteiger partial charge in [0.25, 0.3) is 0 Å². The predicted octanol–water partition coefficient (Wildman–Crippen LogP) is 2.60. The van der Waals surface area contributed by atoms with E-state index in [1.54, 1.807) is 25.2 Å². The molecule has 0 spiro atoms. The lowest BCUT2D eigenvalue weighted by Crippen LogP contribution is -2.40. The third-order valence-corrected chi connectivity index (χ3v) is 5.22. The summed E-state index contributed by atoms with van der Waals surface area (Å²) < 4.78 is 10.5. The molecule has 1 aliphatic rings. The van der Waals surface area contributed by atoms with Crippen LogP contribution in [0.2, 0.25) is 0 Å². The highest BCUT2D eigenvalue weighted by atomic mass is 16.5. The van der Waals surface area contributed by atoms with E-state index < -0.39 is 11.4 Å². The Labute approximate surface area is 148 Å². The van der Waals surface area contributed by atoms with Crippen LogP contribution < -0.4 is 9.47 Å². The van der Waals surface area contributed by atoms with Gasteiger partial charge in [-0.05, 0) is 36.5 Å². The van der Waals surface area contributed by atoms with Gasteiger partial charge in [-0.3, -0.25) is 9.59 Å². The normalized spacial score (nSPS) is 20.0. The van der Waals surface area contributed by atoms with Crippen molar-refractivity contribution >= 4 is 11.9 Å². The fourth-order valence-electron chi connectivity index (χ4n) is 3.36. The number of likely N-dealkylation sites (tertiary alicyclic amines) is 1. The van der Waals surface area contributed by atoms with E-state index in [4.69, 9.17) is 9.47 Å². The van der Waals surface area contributed by atoms with E-state index in [9.17, 15) is 14.7 Å². The molecular formula is C19H27NO5. The minimum absolute atomic E-state index is 0.00874. The molecule has 0 saturated carbocycles. The van der Waals surface area contributed by atoms with Crippen LogP contribution in [0.4, 0.5) is 0 Å². The third-order valence-electron chi connectivity index (χ3n) is 5.22. The smallest absolute Gasteiger partial charge is 0.311 e. The highest BCUT2D eigenvalue weighted by Gasteiger charge is 2.48. The first-order valence-corrected chi connectivity index (χ1v) is 8.55. The Morgan fingerprint density at radius 1 is 1.20 bits per heavy atom. The summed E-state index contributed by atoms with van der Waals surface area (Å²) in [6.07, 6.45) is 1.41. The van der Waals surface area contributed by atoms with E-state index >= 15 is 0 Å². The number of methoxy groups -OCH3 is 2. The van der Waals surface area contributed by atoms with E-state index in [0.29, 0.717) is 43.9 Å². The van der Waals surface area contributed by atoms with E-state index in [2.05, 4.69) is 0 Å². The number of benzene rings is 1. The number of hydrogen-bond acceptors (Lipinski definition) is 4. The molecule has 6 heteroatoms. The quantitative estimate of drug-likeness (QED) is 0.819. The second-order valence-electron chi connectivity index (χ2n) is 6.90. The Kier molecular flexibility index (Phi) is 5.93. The Balaban J connectivity index is 2.01. The standard InChI is InChI=1S/C19H27NO5/c1-13(2)19(18(22)23)7-8-20(12-19)17(21)6-5-14-9-15(24-3)11-16(10-14)25-4/h9-11,13H,5-8,12H2,1-4H3,(H,22,23). The van der Waals surface area contributed by atoms with Crippen molar-refractivity contribution in [3.63, 3.8) is 0 Å². The largest absolute Gasteiger partial charge is 0.497 e. The molecule has 1 unspecified atom stereocenters. The molecule has 1 N–H and O–H groups in total. The molecule has 1 fully saturated rings. The molecule has 1 aliphatic heterocycles. The topological polar surface area (TPSA) is 76.1 Å². The summed E-state index contributed by atoms with van der Waals surface area (Å²) in [4.78, 5) is 25.9. The Morgan fingerprint density at radius 3 is 2.24 bits per heavy atom. The molecule has 0 radical (unpaired) electrons. The second kappa shape index (κ2) is 7.76. The highest BCUT2D eigenvalue weighted by molar-refractivity contribution is 5.81. The first kappa shape index (κ1) is 19.1. The summed E-state index contributed by atoms with van der Waals surface area (Å²) in [5.74, 6) is 0.548. The van der Waals surface area contributed by atoms with Crippen molar-refractivity contribution in [2.75, 3.05) is 27.3 Å². The molecule has 1 aromatic carbocycles. The summed E-state index contributed by atoms with van der Waals surface area (Å²) >= 11 is 0. The van der Waals surface area contributed by atoms with Crippen LogP contribution in [0.3, 0.4) is 0 Å². The number of carboxylic acids is 1. The van der Waals surface area contributed by atoms with Crippen LogP contribution in [0.1, 0.15) is 32.3 Å². The van der Waals surface area contributed by atoms with Crippen molar-refractivity contribution < 1.29 is 24.2 Å². The molecule has 1 heterocycles. The first-order chi connectivity index (χ1) is 11.8. The van der Waals surface area contributed by atoms with Crippen molar-refractivity contribution in [2.45, 2.75) is 33.1 Å². The second-order valence-corrected chi connectivity index (χ2v) is 6.90. The lowest BCUT2D eigenvalue weighted by atomic mass is 9.76. The van der Waals surface area contributed by atoms with Crippen LogP contribution in [0.15, 0.2) is 18.2 Å². The summed E-state index contributed by atoms with van der Waals surface area (Å²) in [6.45, 7) is 4.61. The minimum Gasteiger partial charge on any atom is -0.497 e. The molecule has 1 saturated heterocycles. The molecule has 2 rings (SSSR count). The molecule has 0 aromatic heterocycles. The number of aliphatic carboxylic acids is 1. The van der Waals surface area contributed by atoms with Crippen LogP contribution in [0, 0.1) is 11.3 Å². The van der Waals surface area contributed by atoms with Crippen molar-refractivity contribution in [3.05, 3.63) is 23.8 Å². The zero-order valence-electron chi connectivity index (χ0n) is 15.4. The average Bonchev–Trinajstić information content (AvgIpc) is 3.06. The van der Waals surface area contributed by atoms with Crippen molar-refractivity contribution in [3.8, 4) is 11.5 Å². The van der Waals surface area contributed by atoms with Gasteiger partial charge in [0.05, 0.1) is 19.6 Å². The zero-order chi connectivity index (χ0) is 18.6. The fourth-order valence-corrected chi connectivity index (χ4v) is 3.36. The molecule has 1 amide bonds. The van der Waals surface area contributed by atoms with Gasteiger partial charge in [-0.15, -0.1) is 0 Å². The monoisotopic (exact) mass is 349 g/mol. The van der Waals surface area contributed by atoms with Crippen LogP contribution in [0.5, 0.6) is 11.5 Å². The molecule has 138 valence electrons. The number of amides is 1. The molecule has 25 heavy (non-hydrogen) atoms. The molecule has 0 bridgehead atoms. The first-order valence-electron chi connectivity index (χ1n) is 8.55. The Bertz CT molecular complexity index is 620. The summed E-state index contributed by atoms with van der Waals surface area (Å²) in [7, 11) is 3.18. The summed E-state index contributed by atoms with van der Waals surface area (Å²) in [6, 6.07) is 5.56. The van der Waals surface area contributed by atoms with Crippen LogP contribution in [-0.2, 0) is 16.0 Å². The van der Waals surface area contributed by atoms with Gasteiger partial charge >= 0.3 is 5.97 Å². The number of carbonyl (C=O) groups excluding carboxylic acids is 1. The maximum absolute atomic E-state index is 12.5. The third kappa shape index (κ3) is 4.06. The van der Waals surface area contributed by atoms with Crippen LogP contribution in [-0.4, -0.2) is 49.2 Å². The van der Waals surface area contributed by atoms with Gasteiger partial charge in [0, 0.05) is 25.6 Å². The lowest BCUT2D eigenvalue weighted by molar-refractivity contribution is -0.151. The molecule has 0 aliphatic carbocycles. The maximum atomic E-state index is 12.5. The molecule has 1 aromatic rings. The number of carboxylic acid groups (broad SMARTS) is 1. The van der Waals surface area contributed by atoms with Crippen LogP contribution >= 0.6 is 0 Å². The van der Waals surface area contributed by atoms with Gasteiger partial charge in [-0.25, -0.2) is 0 Å². The predicted molar refractivity (Wildman–Crippen MR) is 94.0 cm³/mol.